The van der Waals surface area contributed by atoms with Gasteiger partial charge in [0.05, 0.1) is 5.69 Å². The smallest absolute Gasteiger partial charge is 0.241 e. The van der Waals surface area contributed by atoms with E-state index in [1.165, 1.54) is 5.56 Å². The molecule has 1 aliphatic heterocycles. The molecular formula is C16H16N2O. The van der Waals surface area contributed by atoms with Crippen LogP contribution in [0.25, 0.3) is 0 Å². The number of nitrogens with zero attached hydrogens (tertiary/aromatic N) is 2. The van der Waals surface area contributed by atoms with Crippen LogP contribution in [0.2, 0.25) is 0 Å². The number of aryl methyl sites for hydroxylation is 1. The zero-order chi connectivity index (χ0) is 13.5. The molecule has 1 aliphatic rings. The van der Waals surface area contributed by atoms with E-state index in [0.29, 0.717) is 5.90 Å². The molecule has 2 aromatic rings. The van der Waals surface area contributed by atoms with E-state index in [1.807, 2.05) is 30.3 Å². The molecule has 0 radical (unpaired) electrons. The second kappa shape index (κ2) is 4.19. The summed E-state index contributed by atoms with van der Waals surface area (Å²) in [5.74, 6) is 0.587. The average Bonchev–Trinajstić information content (AvgIpc) is 2.38. The molecule has 19 heavy (non-hydrogen) atoms. The van der Waals surface area contributed by atoms with Crippen LogP contribution in [0, 0.1) is 6.92 Å². The number of hydrogen-bond donors (Lipinski definition) is 0. The average molecular weight is 252 g/mol. The predicted octanol–water partition coefficient (Wildman–Crippen LogP) is 3.73. The van der Waals surface area contributed by atoms with E-state index in [-0.39, 0.29) is 0 Å². The number of aromatic nitrogens is 1. The largest absolute Gasteiger partial charge is 0.465 e. The molecule has 0 saturated heterocycles. The second-order valence-electron chi connectivity index (χ2n) is 5.21. The molecule has 0 amide bonds. The minimum atomic E-state index is -0.394. The molecule has 0 saturated carbocycles. The second-order valence-corrected chi connectivity index (χ2v) is 5.21. The molecule has 0 spiro atoms. The van der Waals surface area contributed by atoms with Crippen molar-refractivity contribution >= 4 is 11.6 Å². The molecule has 3 heteroatoms. The number of rotatable bonds is 1. The number of ether oxygens (including phenoxy) is 1. The summed E-state index contributed by atoms with van der Waals surface area (Å²) in [6, 6.07) is 11.9. The predicted molar refractivity (Wildman–Crippen MR) is 75.7 cm³/mol. The highest BCUT2D eigenvalue weighted by Gasteiger charge is 2.33. The van der Waals surface area contributed by atoms with Gasteiger partial charge in [0.1, 0.15) is 11.3 Å². The van der Waals surface area contributed by atoms with Crippen LogP contribution in [0.1, 0.15) is 30.7 Å². The highest BCUT2D eigenvalue weighted by molar-refractivity contribution is 5.95. The van der Waals surface area contributed by atoms with Crippen molar-refractivity contribution in [3.63, 3.8) is 0 Å². The van der Waals surface area contributed by atoms with Gasteiger partial charge in [-0.3, -0.25) is 4.98 Å². The maximum absolute atomic E-state index is 6.05. The van der Waals surface area contributed by atoms with Crippen LogP contribution in [0.5, 0.6) is 0 Å². The van der Waals surface area contributed by atoms with Crippen LogP contribution in [0.15, 0.2) is 47.6 Å². The number of hydrogen-bond acceptors (Lipinski definition) is 3. The normalized spacial score (nSPS) is 16.3. The Hall–Kier alpha value is -2.16. The van der Waals surface area contributed by atoms with Crippen LogP contribution >= 0.6 is 0 Å². The third-order valence-corrected chi connectivity index (χ3v) is 3.31. The quantitative estimate of drug-likeness (QED) is 0.775. The van der Waals surface area contributed by atoms with Crippen molar-refractivity contribution in [1.29, 1.82) is 0 Å². The van der Waals surface area contributed by atoms with Crippen molar-refractivity contribution < 1.29 is 4.74 Å². The van der Waals surface area contributed by atoms with E-state index < -0.39 is 5.60 Å². The molecule has 3 rings (SSSR count). The monoisotopic (exact) mass is 252 g/mol. The molecule has 0 N–H and O–H groups in total. The van der Waals surface area contributed by atoms with Gasteiger partial charge >= 0.3 is 0 Å². The van der Waals surface area contributed by atoms with Crippen molar-refractivity contribution in [2.24, 2.45) is 4.99 Å². The van der Waals surface area contributed by atoms with Gasteiger partial charge in [-0.05, 0) is 44.5 Å². The summed E-state index contributed by atoms with van der Waals surface area (Å²) in [6.07, 6.45) is 1.75. The van der Waals surface area contributed by atoms with Crippen LogP contribution in [0.4, 0.5) is 5.69 Å². The van der Waals surface area contributed by atoms with Crippen molar-refractivity contribution in [2.75, 3.05) is 0 Å². The summed E-state index contributed by atoms with van der Waals surface area (Å²) >= 11 is 0. The molecular weight excluding hydrogens is 236 g/mol. The van der Waals surface area contributed by atoms with Gasteiger partial charge in [-0.25, -0.2) is 4.99 Å². The maximum atomic E-state index is 6.05. The van der Waals surface area contributed by atoms with Crippen molar-refractivity contribution in [3.05, 3.63) is 59.4 Å². The van der Waals surface area contributed by atoms with Crippen molar-refractivity contribution in [2.45, 2.75) is 26.4 Å². The molecule has 1 aromatic carbocycles. The first-order valence-corrected chi connectivity index (χ1v) is 6.37. The first-order chi connectivity index (χ1) is 9.08. The number of fused-ring (bicyclic) bond motifs is 1. The summed E-state index contributed by atoms with van der Waals surface area (Å²) in [5, 5.41) is 0. The fourth-order valence-corrected chi connectivity index (χ4v) is 2.55. The molecule has 2 heterocycles. The van der Waals surface area contributed by atoms with Gasteiger partial charge in [0, 0.05) is 11.8 Å². The zero-order valence-corrected chi connectivity index (χ0v) is 11.3. The highest BCUT2D eigenvalue weighted by Crippen LogP contribution is 2.39. The van der Waals surface area contributed by atoms with E-state index in [0.717, 1.165) is 16.9 Å². The highest BCUT2D eigenvalue weighted by atomic mass is 16.5. The molecule has 0 bridgehead atoms. The van der Waals surface area contributed by atoms with Crippen LogP contribution < -0.4 is 0 Å². The van der Waals surface area contributed by atoms with Crippen LogP contribution in [-0.4, -0.2) is 10.9 Å². The molecule has 1 aromatic heterocycles. The SMILES string of the molecule is Cc1cccc2c1C(C)(C)OC(c1ccccn1)=N2. The fourth-order valence-electron chi connectivity index (χ4n) is 2.55. The number of pyridine rings is 1. The lowest BCUT2D eigenvalue weighted by atomic mass is 9.91. The Bertz CT molecular complexity index is 645. The van der Waals surface area contributed by atoms with Gasteiger partial charge < -0.3 is 4.74 Å². The van der Waals surface area contributed by atoms with E-state index in [2.05, 4.69) is 36.8 Å². The fraction of sp³-hybridized carbons (Fsp3) is 0.250. The summed E-state index contributed by atoms with van der Waals surface area (Å²) < 4.78 is 6.05. The molecule has 0 aliphatic carbocycles. The molecule has 0 atom stereocenters. The Labute approximate surface area is 113 Å². The van der Waals surface area contributed by atoms with Gasteiger partial charge in [-0.1, -0.05) is 18.2 Å². The lowest BCUT2D eigenvalue weighted by Gasteiger charge is -2.33. The van der Waals surface area contributed by atoms with Gasteiger partial charge in [-0.15, -0.1) is 0 Å². The Morgan fingerprint density at radius 1 is 1.05 bits per heavy atom. The number of aliphatic imine (C=N–C) groups is 1. The Morgan fingerprint density at radius 2 is 1.89 bits per heavy atom. The standard InChI is InChI=1S/C16H16N2O/c1-11-7-6-9-12-14(11)16(2,3)19-15(18-12)13-8-4-5-10-17-13/h4-10H,1-3H3. The summed E-state index contributed by atoms with van der Waals surface area (Å²) in [4.78, 5) is 8.91. The summed E-state index contributed by atoms with van der Waals surface area (Å²) in [6.45, 7) is 6.22. The summed E-state index contributed by atoms with van der Waals surface area (Å²) in [7, 11) is 0. The van der Waals surface area contributed by atoms with Crippen LogP contribution in [0.3, 0.4) is 0 Å². The van der Waals surface area contributed by atoms with E-state index in [1.54, 1.807) is 6.20 Å². The van der Waals surface area contributed by atoms with E-state index in [4.69, 9.17) is 4.74 Å². The summed E-state index contributed by atoms with van der Waals surface area (Å²) in [5.41, 5.74) is 3.69. The van der Waals surface area contributed by atoms with Crippen molar-refractivity contribution in [1.82, 2.24) is 4.98 Å². The molecule has 96 valence electrons. The Balaban J connectivity index is 2.17. The molecule has 0 unspecified atom stereocenters. The first-order valence-electron chi connectivity index (χ1n) is 6.37. The van der Waals surface area contributed by atoms with Gasteiger partial charge in [-0.2, -0.15) is 0 Å². The minimum absolute atomic E-state index is 0.394. The molecule has 0 fully saturated rings. The zero-order valence-electron chi connectivity index (χ0n) is 11.3. The topological polar surface area (TPSA) is 34.5 Å². The number of benzene rings is 1. The molecule has 3 nitrogen and oxygen atoms in total. The first kappa shape index (κ1) is 11.9. The third-order valence-electron chi connectivity index (χ3n) is 3.31. The van der Waals surface area contributed by atoms with E-state index in [9.17, 15) is 0 Å². The van der Waals surface area contributed by atoms with E-state index >= 15 is 0 Å². The Kier molecular flexibility index (Phi) is 2.63. The van der Waals surface area contributed by atoms with Gasteiger partial charge in [0.2, 0.25) is 5.90 Å². The lowest BCUT2D eigenvalue weighted by Crippen LogP contribution is -2.30. The van der Waals surface area contributed by atoms with Crippen molar-refractivity contribution in [3.8, 4) is 0 Å². The maximum Gasteiger partial charge on any atom is 0.241 e. The van der Waals surface area contributed by atoms with Crippen LogP contribution in [-0.2, 0) is 10.3 Å². The van der Waals surface area contributed by atoms with Gasteiger partial charge in [0.15, 0.2) is 0 Å². The van der Waals surface area contributed by atoms with Gasteiger partial charge in [0.25, 0.3) is 0 Å². The lowest BCUT2D eigenvalue weighted by molar-refractivity contribution is 0.0902. The third kappa shape index (κ3) is 2.01. The Morgan fingerprint density at radius 3 is 2.63 bits per heavy atom. The minimum Gasteiger partial charge on any atom is -0.465 e.